The van der Waals surface area contributed by atoms with Crippen molar-refractivity contribution < 1.29 is 14.4 Å². The third-order valence-electron chi connectivity index (χ3n) is 5.23. The molecule has 0 saturated heterocycles. The van der Waals surface area contributed by atoms with E-state index in [1.165, 1.54) is 28.2 Å². The average Bonchev–Trinajstić information content (AvgIpc) is 3.20. The van der Waals surface area contributed by atoms with Crippen molar-refractivity contribution >= 4 is 29.2 Å². The number of nitrogens with one attached hydrogen (secondary N) is 4. The van der Waals surface area contributed by atoms with Crippen molar-refractivity contribution in [2.45, 2.75) is 45.6 Å². The largest absolute Gasteiger partial charge is 0.338 e. The monoisotopic (exact) mass is 428 g/mol. The highest BCUT2D eigenvalue weighted by Gasteiger charge is 2.22. The summed E-state index contributed by atoms with van der Waals surface area (Å²) in [6.45, 7) is 2.79. The summed E-state index contributed by atoms with van der Waals surface area (Å²) in [5.41, 5.74) is 7.13. The Morgan fingerprint density at radius 2 is 1.90 bits per heavy atom. The number of fused-ring (bicyclic) bond motifs is 1. The van der Waals surface area contributed by atoms with Gasteiger partial charge in [0, 0.05) is 24.4 Å². The zero-order chi connectivity index (χ0) is 21.3. The number of hydrogen-bond acceptors (Lipinski definition) is 4. The first-order chi connectivity index (χ1) is 14.5. The van der Waals surface area contributed by atoms with E-state index in [0.717, 1.165) is 24.8 Å². The topological polar surface area (TPSA) is 99.3 Å². The summed E-state index contributed by atoms with van der Waals surface area (Å²) < 4.78 is 0. The van der Waals surface area contributed by atoms with E-state index >= 15 is 0 Å². The summed E-state index contributed by atoms with van der Waals surface area (Å²) in [5.74, 6) is 0.0311. The summed E-state index contributed by atoms with van der Waals surface area (Å²) >= 11 is 1.50. The van der Waals surface area contributed by atoms with Gasteiger partial charge >= 0.3 is 6.03 Å². The molecule has 4 N–H and O–H groups in total. The highest BCUT2D eigenvalue weighted by Crippen LogP contribution is 2.33. The predicted octanol–water partition coefficient (Wildman–Crippen LogP) is 2.91. The number of aryl methyl sites for hydroxylation is 1. The van der Waals surface area contributed by atoms with Crippen LogP contribution in [0, 0.1) is 5.92 Å². The molecule has 1 aliphatic carbocycles. The van der Waals surface area contributed by atoms with Gasteiger partial charge < -0.3 is 10.6 Å². The van der Waals surface area contributed by atoms with Crippen LogP contribution in [0.4, 0.5) is 4.79 Å². The van der Waals surface area contributed by atoms with Gasteiger partial charge in [-0.05, 0) is 42.4 Å². The molecule has 0 radical (unpaired) electrons. The van der Waals surface area contributed by atoms with Crippen LogP contribution in [-0.2, 0) is 24.2 Å². The Hall–Kier alpha value is -2.87. The number of thiophene rings is 1. The molecule has 0 fully saturated rings. The van der Waals surface area contributed by atoms with Crippen LogP contribution in [0.15, 0.2) is 36.4 Å². The van der Waals surface area contributed by atoms with Gasteiger partial charge in [-0.1, -0.05) is 43.7 Å². The number of benzene rings is 1. The molecule has 0 unspecified atom stereocenters. The zero-order valence-electron chi connectivity index (χ0n) is 17.1. The van der Waals surface area contributed by atoms with Crippen LogP contribution in [-0.4, -0.2) is 24.4 Å². The molecule has 1 atom stereocenters. The van der Waals surface area contributed by atoms with Crippen molar-refractivity contribution in [1.29, 1.82) is 0 Å². The quantitative estimate of drug-likeness (QED) is 0.510. The van der Waals surface area contributed by atoms with Crippen molar-refractivity contribution in [3.63, 3.8) is 0 Å². The first-order valence-electron chi connectivity index (χ1n) is 10.3. The lowest BCUT2D eigenvalue weighted by Gasteiger charge is -2.19. The SMILES string of the molecule is CC[C@@H]1CCc2sc(C(=O)NNC(=O)CCNC(=O)NCc3ccccc3)cc2C1. The Kier molecular flexibility index (Phi) is 7.84. The van der Waals surface area contributed by atoms with E-state index in [0.29, 0.717) is 17.3 Å². The van der Waals surface area contributed by atoms with Crippen molar-refractivity contribution in [3.8, 4) is 0 Å². The molecule has 1 aliphatic rings. The molecule has 0 spiro atoms. The number of rotatable bonds is 7. The number of carbonyl (C=O) groups excluding carboxylic acids is 3. The van der Waals surface area contributed by atoms with E-state index in [2.05, 4.69) is 28.4 Å². The molecular formula is C22H28N4O3S. The predicted molar refractivity (Wildman–Crippen MR) is 117 cm³/mol. The molecule has 4 amide bonds. The van der Waals surface area contributed by atoms with E-state index < -0.39 is 0 Å². The maximum atomic E-state index is 12.3. The second kappa shape index (κ2) is 10.8. The Balaban J connectivity index is 1.33. The van der Waals surface area contributed by atoms with Crippen molar-refractivity contribution in [2.24, 2.45) is 5.92 Å². The van der Waals surface area contributed by atoms with Gasteiger partial charge in [-0.15, -0.1) is 11.3 Å². The highest BCUT2D eigenvalue weighted by molar-refractivity contribution is 7.14. The average molecular weight is 429 g/mol. The zero-order valence-corrected chi connectivity index (χ0v) is 17.9. The molecule has 2 aromatic rings. The molecule has 160 valence electrons. The fourth-order valence-electron chi connectivity index (χ4n) is 3.44. The lowest BCUT2D eigenvalue weighted by molar-refractivity contribution is -0.121. The van der Waals surface area contributed by atoms with Crippen LogP contribution >= 0.6 is 11.3 Å². The molecular weight excluding hydrogens is 400 g/mol. The normalized spacial score (nSPS) is 15.0. The van der Waals surface area contributed by atoms with Crippen LogP contribution in [0.1, 0.15) is 51.9 Å². The highest BCUT2D eigenvalue weighted by atomic mass is 32.1. The van der Waals surface area contributed by atoms with E-state index in [4.69, 9.17) is 0 Å². The van der Waals surface area contributed by atoms with Crippen molar-refractivity contribution in [3.05, 3.63) is 57.3 Å². The van der Waals surface area contributed by atoms with E-state index in [1.807, 2.05) is 36.4 Å². The second-order valence-electron chi connectivity index (χ2n) is 7.42. The molecule has 1 aromatic heterocycles. The fourth-order valence-corrected chi connectivity index (χ4v) is 4.54. The summed E-state index contributed by atoms with van der Waals surface area (Å²) in [7, 11) is 0. The van der Waals surface area contributed by atoms with E-state index in [1.54, 1.807) is 0 Å². The molecule has 8 heteroatoms. The Morgan fingerprint density at radius 3 is 2.67 bits per heavy atom. The number of amides is 4. The van der Waals surface area contributed by atoms with Gasteiger partial charge in [-0.3, -0.25) is 20.4 Å². The van der Waals surface area contributed by atoms with Crippen molar-refractivity contribution in [1.82, 2.24) is 21.5 Å². The first-order valence-corrected chi connectivity index (χ1v) is 11.1. The minimum Gasteiger partial charge on any atom is -0.338 e. The van der Waals surface area contributed by atoms with Crippen LogP contribution in [0.3, 0.4) is 0 Å². The summed E-state index contributed by atoms with van der Waals surface area (Å²) in [5, 5.41) is 5.35. The van der Waals surface area contributed by atoms with Crippen LogP contribution in [0.5, 0.6) is 0 Å². The lowest BCUT2D eigenvalue weighted by atomic mass is 9.87. The van der Waals surface area contributed by atoms with Crippen molar-refractivity contribution in [2.75, 3.05) is 6.54 Å². The van der Waals surface area contributed by atoms with Crippen LogP contribution in [0.2, 0.25) is 0 Å². The number of hydrazine groups is 1. The molecule has 30 heavy (non-hydrogen) atoms. The Labute approximate surface area is 180 Å². The molecule has 7 nitrogen and oxygen atoms in total. The van der Waals surface area contributed by atoms with Crippen LogP contribution in [0.25, 0.3) is 0 Å². The minimum absolute atomic E-state index is 0.0676. The van der Waals surface area contributed by atoms with Gasteiger partial charge in [0.2, 0.25) is 5.91 Å². The molecule has 1 aromatic carbocycles. The maximum Gasteiger partial charge on any atom is 0.315 e. The first kappa shape index (κ1) is 21.8. The van der Waals surface area contributed by atoms with E-state index in [9.17, 15) is 14.4 Å². The minimum atomic E-state index is -0.362. The molecule has 1 heterocycles. The third-order valence-corrected chi connectivity index (χ3v) is 6.47. The molecule has 3 rings (SSSR count). The van der Waals surface area contributed by atoms with Gasteiger partial charge in [0.1, 0.15) is 0 Å². The van der Waals surface area contributed by atoms with E-state index in [-0.39, 0.29) is 30.8 Å². The van der Waals surface area contributed by atoms with Crippen LogP contribution < -0.4 is 21.5 Å². The summed E-state index contributed by atoms with van der Waals surface area (Å²) in [6.07, 6.45) is 4.45. The van der Waals surface area contributed by atoms with Gasteiger partial charge in [-0.25, -0.2) is 4.79 Å². The molecule has 0 bridgehead atoms. The number of hydrogen-bond donors (Lipinski definition) is 4. The summed E-state index contributed by atoms with van der Waals surface area (Å²) in [4.78, 5) is 37.9. The van der Waals surface area contributed by atoms with Gasteiger partial charge in [0.15, 0.2) is 0 Å². The third kappa shape index (κ3) is 6.32. The Bertz CT molecular complexity index is 882. The van der Waals surface area contributed by atoms with Gasteiger partial charge in [0.25, 0.3) is 5.91 Å². The van der Waals surface area contributed by atoms with Gasteiger partial charge in [-0.2, -0.15) is 0 Å². The Morgan fingerprint density at radius 1 is 1.10 bits per heavy atom. The van der Waals surface area contributed by atoms with Gasteiger partial charge in [0.05, 0.1) is 4.88 Å². The fraction of sp³-hybridized carbons (Fsp3) is 0.409. The number of carbonyl (C=O) groups is 3. The smallest absolute Gasteiger partial charge is 0.315 e. The summed E-state index contributed by atoms with van der Waals surface area (Å²) in [6, 6.07) is 11.2. The molecule has 0 saturated carbocycles. The maximum absolute atomic E-state index is 12.3. The lowest BCUT2D eigenvalue weighted by Crippen LogP contribution is -2.43. The standard InChI is InChI=1S/C22H28N4O3S/c1-2-15-8-9-18-17(12-15)13-19(30-18)21(28)26-25-20(27)10-11-23-22(29)24-14-16-6-4-3-5-7-16/h3-7,13,15H,2,8-12,14H2,1H3,(H,25,27)(H,26,28)(H2,23,24,29)/t15-/m1/s1. The molecule has 0 aliphatic heterocycles. The second-order valence-corrected chi connectivity index (χ2v) is 8.56. The number of urea groups is 1.